The summed E-state index contributed by atoms with van der Waals surface area (Å²) < 4.78 is 10.9. The number of para-hydroxylation sites is 1. The van der Waals surface area contributed by atoms with Crippen molar-refractivity contribution in [2.45, 2.75) is 25.8 Å². The molecule has 0 saturated heterocycles. The summed E-state index contributed by atoms with van der Waals surface area (Å²) in [6.07, 6.45) is 3.84. The van der Waals surface area contributed by atoms with Crippen molar-refractivity contribution in [3.63, 3.8) is 0 Å². The van der Waals surface area contributed by atoms with Gasteiger partial charge in [0, 0.05) is 5.56 Å². The van der Waals surface area contributed by atoms with E-state index in [1.54, 1.807) is 6.26 Å². The van der Waals surface area contributed by atoms with Crippen molar-refractivity contribution in [3.8, 4) is 5.75 Å². The molecule has 1 unspecified atom stereocenters. The standard InChI is InChI=1S/C14H19NO2/c1-2-17-13-8-4-3-7-12(13)14(15)11-6-5-9-16-10-11/h3-4,7-8,10,14H,2,5-6,9,15H2,1H3. The lowest BCUT2D eigenvalue weighted by molar-refractivity contribution is 0.221. The van der Waals surface area contributed by atoms with E-state index in [0.29, 0.717) is 6.61 Å². The second kappa shape index (κ2) is 5.73. The van der Waals surface area contributed by atoms with Crippen molar-refractivity contribution < 1.29 is 9.47 Å². The fourth-order valence-electron chi connectivity index (χ4n) is 2.04. The molecule has 0 saturated carbocycles. The third-order valence-corrected chi connectivity index (χ3v) is 2.92. The Morgan fingerprint density at radius 1 is 1.41 bits per heavy atom. The molecule has 0 fully saturated rings. The van der Waals surface area contributed by atoms with Gasteiger partial charge in [0.1, 0.15) is 5.75 Å². The second-order valence-electron chi connectivity index (χ2n) is 4.12. The van der Waals surface area contributed by atoms with E-state index < -0.39 is 0 Å². The van der Waals surface area contributed by atoms with E-state index in [4.69, 9.17) is 15.2 Å². The van der Waals surface area contributed by atoms with Crippen LogP contribution < -0.4 is 10.5 Å². The van der Waals surface area contributed by atoms with Crippen LogP contribution >= 0.6 is 0 Å². The largest absolute Gasteiger partial charge is 0.501 e. The molecule has 2 rings (SSSR count). The lowest BCUT2D eigenvalue weighted by Gasteiger charge is -2.22. The predicted molar refractivity (Wildman–Crippen MR) is 67.8 cm³/mol. The molecule has 0 amide bonds. The van der Waals surface area contributed by atoms with Crippen LogP contribution in [0.25, 0.3) is 0 Å². The van der Waals surface area contributed by atoms with Crippen LogP contribution in [0.15, 0.2) is 36.1 Å². The maximum absolute atomic E-state index is 6.27. The Hall–Kier alpha value is -1.48. The molecule has 3 nitrogen and oxygen atoms in total. The highest BCUT2D eigenvalue weighted by atomic mass is 16.5. The summed E-state index contributed by atoms with van der Waals surface area (Å²) in [7, 11) is 0. The van der Waals surface area contributed by atoms with E-state index in [0.717, 1.165) is 36.3 Å². The number of benzene rings is 1. The minimum atomic E-state index is -0.127. The first-order valence-electron chi connectivity index (χ1n) is 6.10. The number of hydrogen-bond acceptors (Lipinski definition) is 3. The second-order valence-corrected chi connectivity index (χ2v) is 4.12. The minimum Gasteiger partial charge on any atom is -0.501 e. The summed E-state index contributed by atoms with van der Waals surface area (Å²) in [4.78, 5) is 0. The topological polar surface area (TPSA) is 44.5 Å². The summed E-state index contributed by atoms with van der Waals surface area (Å²) in [6.45, 7) is 3.42. The maximum Gasteiger partial charge on any atom is 0.124 e. The number of nitrogens with two attached hydrogens (primary N) is 1. The van der Waals surface area contributed by atoms with E-state index in [-0.39, 0.29) is 6.04 Å². The quantitative estimate of drug-likeness (QED) is 0.869. The van der Waals surface area contributed by atoms with Crippen LogP contribution in [0.4, 0.5) is 0 Å². The van der Waals surface area contributed by atoms with Crippen LogP contribution in [0.2, 0.25) is 0 Å². The molecule has 1 heterocycles. The van der Waals surface area contributed by atoms with Gasteiger partial charge in [0.25, 0.3) is 0 Å². The predicted octanol–water partition coefficient (Wildman–Crippen LogP) is 2.78. The van der Waals surface area contributed by atoms with Crippen LogP contribution in [0, 0.1) is 0 Å². The maximum atomic E-state index is 6.27. The van der Waals surface area contributed by atoms with E-state index in [2.05, 4.69) is 0 Å². The molecule has 92 valence electrons. The van der Waals surface area contributed by atoms with Gasteiger partial charge >= 0.3 is 0 Å². The van der Waals surface area contributed by atoms with Gasteiger partial charge in [-0.25, -0.2) is 0 Å². The molecule has 0 radical (unpaired) electrons. The first-order chi connectivity index (χ1) is 8.33. The molecular weight excluding hydrogens is 214 g/mol. The van der Waals surface area contributed by atoms with E-state index >= 15 is 0 Å². The summed E-state index contributed by atoms with van der Waals surface area (Å²) >= 11 is 0. The monoisotopic (exact) mass is 233 g/mol. The number of rotatable bonds is 4. The van der Waals surface area contributed by atoms with E-state index in [9.17, 15) is 0 Å². The van der Waals surface area contributed by atoms with Crippen molar-refractivity contribution >= 4 is 0 Å². The average molecular weight is 233 g/mol. The lowest BCUT2D eigenvalue weighted by atomic mass is 9.95. The molecule has 0 aromatic heterocycles. The first kappa shape index (κ1) is 12.0. The van der Waals surface area contributed by atoms with Crippen LogP contribution in [0.3, 0.4) is 0 Å². The Labute approximate surface area is 102 Å². The highest BCUT2D eigenvalue weighted by Gasteiger charge is 2.18. The molecule has 0 bridgehead atoms. The Morgan fingerprint density at radius 2 is 2.24 bits per heavy atom. The Balaban J connectivity index is 2.23. The highest BCUT2D eigenvalue weighted by molar-refractivity contribution is 5.39. The molecule has 2 N–H and O–H groups in total. The SMILES string of the molecule is CCOc1ccccc1C(N)C1=COCCC1. The third-order valence-electron chi connectivity index (χ3n) is 2.92. The fraction of sp³-hybridized carbons (Fsp3) is 0.429. The summed E-state index contributed by atoms with van der Waals surface area (Å²) in [6, 6.07) is 7.81. The third kappa shape index (κ3) is 2.80. The highest BCUT2D eigenvalue weighted by Crippen LogP contribution is 2.31. The van der Waals surface area contributed by atoms with E-state index in [1.165, 1.54) is 0 Å². The Bertz CT molecular complexity index is 401. The summed E-state index contributed by atoms with van der Waals surface area (Å²) in [5, 5.41) is 0. The van der Waals surface area contributed by atoms with Crippen LogP contribution in [0.5, 0.6) is 5.75 Å². The van der Waals surface area contributed by atoms with Gasteiger partial charge in [0.2, 0.25) is 0 Å². The van der Waals surface area contributed by atoms with Gasteiger partial charge in [-0.2, -0.15) is 0 Å². The zero-order valence-corrected chi connectivity index (χ0v) is 10.2. The lowest BCUT2D eigenvalue weighted by Crippen LogP contribution is -2.17. The average Bonchev–Trinajstić information content (AvgIpc) is 2.40. The number of hydrogen-bond donors (Lipinski definition) is 1. The zero-order chi connectivity index (χ0) is 12.1. The van der Waals surface area contributed by atoms with Crippen molar-refractivity contribution in [1.82, 2.24) is 0 Å². The van der Waals surface area contributed by atoms with Crippen molar-refractivity contribution in [1.29, 1.82) is 0 Å². The van der Waals surface area contributed by atoms with Crippen molar-refractivity contribution in [3.05, 3.63) is 41.7 Å². The van der Waals surface area contributed by atoms with Crippen LogP contribution in [-0.2, 0) is 4.74 Å². The molecule has 1 aliphatic rings. The molecule has 0 aliphatic carbocycles. The molecule has 1 aromatic rings. The fourth-order valence-corrected chi connectivity index (χ4v) is 2.04. The van der Waals surface area contributed by atoms with Crippen molar-refractivity contribution in [2.75, 3.05) is 13.2 Å². The van der Waals surface area contributed by atoms with Gasteiger partial charge < -0.3 is 15.2 Å². The van der Waals surface area contributed by atoms with Crippen LogP contribution in [0.1, 0.15) is 31.4 Å². The molecule has 1 aromatic carbocycles. The molecule has 1 aliphatic heterocycles. The van der Waals surface area contributed by atoms with Gasteiger partial charge in [-0.3, -0.25) is 0 Å². The molecular formula is C14H19NO2. The molecule has 3 heteroatoms. The van der Waals surface area contributed by atoms with Gasteiger partial charge in [-0.15, -0.1) is 0 Å². The molecule has 17 heavy (non-hydrogen) atoms. The number of ether oxygens (including phenoxy) is 2. The van der Waals surface area contributed by atoms with Gasteiger partial charge in [0.05, 0.1) is 25.5 Å². The summed E-state index contributed by atoms with van der Waals surface area (Å²) in [5.41, 5.74) is 8.45. The first-order valence-corrected chi connectivity index (χ1v) is 6.10. The van der Waals surface area contributed by atoms with Gasteiger partial charge in [-0.1, -0.05) is 18.2 Å². The zero-order valence-electron chi connectivity index (χ0n) is 10.2. The van der Waals surface area contributed by atoms with Gasteiger partial charge in [0.15, 0.2) is 0 Å². The Morgan fingerprint density at radius 3 is 2.94 bits per heavy atom. The van der Waals surface area contributed by atoms with E-state index in [1.807, 2.05) is 31.2 Å². The Kier molecular flexibility index (Phi) is 4.04. The smallest absolute Gasteiger partial charge is 0.124 e. The van der Waals surface area contributed by atoms with Crippen molar-refractivity contribution in [2.24, 2.45) is 5.73 Å². The van der Waals surface area contributed by atoms with Crippen LogP contribution in [-0.4, -0.2) is 13.2 Å². The minimum absolute atomic E-state index is 0.127. The molecule has 1 atom stereocenters. The molecule has 0 spiro atoms. The normalized spacial score (nSPS) is 16.9. The van der Waals surface area contributed by atoms with Gasteiger partial charge in [-0.05, 0) is 31.4 Å². The summed E-state index contributed by atoms with van der Waals surface area (Å²) in [5.74, 6) is 0.869.